The molecule has 2 rings (SSSR count). The molecule has 1 heterocycles. The van der Waals surface area contributed by atoms with Crippen molar-refractivity contribution in [2.24, 2.45) is 5.92 Å². The van der Waals surface area contributed by atoms with Crippen molar-refractivity contribution < 1.29 is 29.3 Å². The van der Waals surface area contributed by atoms with Gasteiger partial charge in [0.15, 0.2) is 11.3 Å². The SMILES string of the molecule is CC(C)(C)OC(=O)NCC(=O)C1(C(=O)O)CC(CO)C(c2ccccc2)N1. The summed E-state index contributed by atoms with van der Waals surface area (Å²) in [5.74, 6) is -2.48. The number of aliphatic hydroxyl groups excluding tert-OH is 1. The lowest BCUT2D eigenvalue weighted by atomic mass is 9.87. The van der Waals surface area contributed by atoms with Crippen LogP contribution in [0.15, 0.2) is 30.3 Å². The summed E-state index contributed by atoms with van der Waals surface area (Å²) in [4.78, 5) is 36.5. The van der Waals surface area contributed by atoms with Gasteiger partial charge in [-0.1, -0.05) is 30.3 Å². The number of aliphatic carboxylic acids is 1. The number of carboxylic acid groups (broad SMARTS) is 1. The van der Waals surface area contributed by atoms with Crippen molar-refractivity contribution in [2.45, 2.75) is 44.4 Å². The second-order valence-corrected chi connectivity index (χ2v) is 7.67. The predicted octanol–water partition coefficient (Wildman–Crippen LogP) is 1.25. The number of hydrogen-bond acceptors (Lipinski definition) is 6. The van der Waals surface area contributed by atoms with E-state index in [-0.39, 0.29) is 13.0 Å². The first-order chi connectivity index (χ1) is 12.6. The number of alkyl carbamates (subject to hydrolysis) is 1. The number of benzene rings is 1. The van der Waals surface area contributed by atoms with Crippen LogP contribution in [0, 0.1) is 5.92 Å². The zero-order chi connectivity index (χ0) is 20.2. The molecule has 148 valence electrons. The van der Waals surface area contributed by atoms with Gasteiger partial charge in [0.25, 0.3) is 0 Å². The lowest BCUT2D eigenvalue weighted by molar-refractivity contribution is -0.149. The highest BCUT2D eigenvalue weighted by Gasteiger charge is 2.55. The Balaban J connectivity index is 2.16. The summed E-state index contributed by atoms with van der Waals surface area (Å²) in [5.41, 5.74) is -1.83. The van der Waals surface area contributed by atoms with Crippen LogP contribution in [0.3, 0.4) is 0 Å². The number of carbonyl (C=O) groups is 3. The third-order valence-electron chi connectivity index (χ3n) is 4.47. The van der Waals surface area contributed by atoms with Crippen molar-refractivity contribution in [3.05, 3.63) is 35.9 Å². The zero-order valence-electron chi connectivity index (χ0n) is 15.7. The Morgan fingerprint density at radius 2 is 1.89 bits per heavy atom. The van der Waals surface area contributed by atoms with Gasteiger partial charge in [0.1, 0.15) is 5.60 Å². The molecule has 1 fully saturated rings. The van der Waals surface area contributed by atoms with Crippen LogP contribution in [0.1, 0.15) is 38.8 Å². The first kappa shape index (κ1) is 20.9. The first-order valence-electron chi connectivity index (χ1n) is 8.76. The highest BCUT2D eigenvalue weighted by atomic mass is 16.6. The minimum absolute atomic E-state index is 0.0762. The van der Waals surface area contributed by atoms with E-state index in [2.05, 4.69) is 10.6 Å². The molecule has 0 saturated carbocycles. The van der Waals surface area contributed by atoms with E-state index in [0.29, 0.717) is 0 Å². The number of carboxylic acids is 1. The summed E-state index contributed by atoms with van der Waals surface area (Å²) in [5, 5.41) is 24.7. The number of amides is 1. The van der Waals surface area contributed by atoms with Crippen molar-refractivity contribution in [1.29, 1.82) is 0 Å². The number of Topliss-reactive ketones (excluding diaryl/α,β-unsaturated/α-hetero) is 1. The Bertz CT molecular complexity index is 700. The van der Waals surface area contributed by atoms with Gasteiger partial charge in [-0.15, -0.1) is 0 Å². The van der Waals surface area contributed by atoms with Gasteiger partial charge < -0.3 is 20.3 Å². The summed E-state index contributed by atoms with van der Waals surface area (Å²) < 4.78 is 5.07. The summed E-state index contributed by atoms with van der Waals surface area (Å²) >= 11 is 0. The van der Waals surface area contributed by atoms with Crippen LogP contribution in [0.2, 0.25) is 0 Å². The van der Waals surface area contributed by atoms with Gasteiger partial charge in [0.05, 0.1) is 6.54 Å². The summed E-state index contributed by atoms with van der Waals surface area (Å²) in [6.45, 7) is 4.29. The molecule has 0 radical (unpaired) electrons. The normalized spacial score (nSPS) is 25.0. The third kappa shape index (κ3) is 4.84. The molecule has 1 saturated heterocycles. The molecule has 0 aliphatic carbocycles. The van der Waals surface area contributed by atoms with Crippen LogP contribution in [0.5, 0.6) is 0 Å². The molecule has 1 aliphatic heterocycles. The third-order valence-corrected chi connectivity index (χ3v) is 4.47. The fourth-order valence-electron chi connectivity index (χ4n) is 3.22. The van der Waals surface area contributed by atoms with Gasteiger partial charge in [-0.3, -0.25) is 10.1 Å². The maximum absolute atomic E-state index is 12.7. The fourth-order valence-corrected chi connectivity index (χ4v) is 3.22. The Morgan fingerprint density at radius 3 is 2.41 bits per heavy atom. The molecule has 1 amide bonds. The Hall–Kier alpha value is -2.45. The van der Waals surface area contributed by atoms with Crippen LogP contribution in [0.4, 0.5) is 4.79 Å². The van der Waals surface area contributed by atoms with Gasteiger partial charge in [0.2, 0.25) is 0 Å². The molecular formula is C19H26N2O6. The second-order valence-electron chi connectivity index (χ2n) is 7.67. The number of carbonyl (C=O) groups excluding carboxylic acids is 2. The summed E-state index contributed by atoms with van der Waals surface area (Å²) in [6, 6.07) is 8.56. The molecule has 0 spiro atoms. The van der Waals surface area contributed by atoms with Crippen molar-refractivity contribution in [2.75, 3.05) is 13.2 Å². The van der Waals surface area contributed by atoms with Crippen molar-refractivity contribution in [3.63, 3.8) is 0 Å². The zero-order valence-corrected chi connectivity index (χ0v) is 15.7. The molecule has 1 aromatic carbocycles. The molecule has 8 nitrogen and oxygen atoms in total. The van der Waals surface area contributed by atoms with Crippen LogP contribution in [-0.4, -0.2) is 52.4 Å². The molecule has 3 unspecified atom stereocenters. The number of nitrogens with one attached hydrogen (secondary N) is 2. The number of rotatable bonds is 6. The van der Waals surface area contributed by atoms with Crippen LogP contribution < -0.4 is 10.6 Å². The Morgan fingerprint density at radius 1 is 1.26 bits per heavy atom. The molecule has 8 heteroatoms. The molecule has 1 aliphatic rings. The van der Waals surface area contributed by atoms with E-state index in [1.165, 1.54) is 0 Å². The van der Waals surface area contributed by atoms with Crippen molar-refractivity contribution in [1.82, 2.24) is 10.6 Å². The van der Waals surface area contributed by atoms with E-state index in [9.17, 15) is 24.6 Å². The first-order valence-corrected chi connectivity index (χ1v) is 8.76. The van der Waals surface area contributed by atoms with Gasteiger partial charge in [-0.05, 0) is 32.8 Å². The molecule has 4 N–H and O–H groups in total. The van der Waals surface area contributed by atoms with Crippen LogP contribution in [0.25, 0.3) is 0 Å². The highest BCUT2D eigenvalue weighted by Crippen LogP contribution is 2.38. The maximum atomic E-state index is 12.7. The van der Waals surface area contributed by atoms with E-state index >= 15 is 0 Å². The van der Waals surface area contributed by atoms with Gasteiger partial charge in [0, 0.05) is 18.6 Å². The summed E-state index contributed by atoms with van der Waals surface area (Å²) in [6.07, 6.45) is -0.875. The van der Waals surface area contributed by atoms with Crippen molar-refractivity contribution >= 4 is 17.8 Å². The minimum atomic E-state index is -1.89. The standard InChI is InChI=1S/C19H26N2O6/c1-18(2,3)27-17(26)20-10-14(23)19(16(24)25)9-13(11-22)15(21-19)12-7-5-4-6-8-12/h4-8,13,15,21-22H,9-11H2,1-3H3,(H,20,26)(H,24,25). The Kier molecular flexibility index (Phi) is 6.22. The largest absolute Gasteiger partial charge is 0.480 e. The molecular weight excluding hydrogens is 352 g/mol. The van der Waals surface area contributed by atoms with E-state index < -0.39 is 47.5 Å². The maximum Gasteiger partial charge on any atom is 0.408 e. The average Bonchev–Trinajstić information content (AvgIpc) is 3.00. The average molecular weight is 378 g/mol. The topological polar surface area (TPSA) is 125 Å². The lowest BCUT2D eigenvalue weighted by Gasteiger charge is -2.25. The number of hydrogen-bond donors (Lipinski definition) is 4. The van der Waals surface area contributed by atoms with Gasteiger partial charge >= 0.3 is 12.1 Å². The van der Waals surface area contributed by atoms with E-state index in [1.807, 2.05) is 18.2 Å². The van der Waals surface area contributed by atoms with E-state index in [0.717, 1.165) is 5.56 Å². The van der Waals surface area contributed by atoms with Crippen molar-refractivity contribution in [3.8, 4) is 0 Å². The second kappa shape index (κ2) is 8.06. The van der Waals surface area contributed by atoms with E-state index in [1.54, 1.807) is 32.9 Å². The highest BCUT2D eigenvalue weighted by molar-refractivity contribution is 6.09. The molecule has 3 atom stereocenters. The predicted molar refractivity (Wildman–Crippen MR) is 97.1 cm³/mol. The summed E-state index contributed by atoms with van der Waals surface area (Å²) in [7, 11) is 0. The number of ketones is 1. The Labute approximate surface area is 157 Å². The molecule has 1 aromatic rings. The quantitative estimate of drug-likeness (QED) is 0.549. The number of aliphatic hydroxyl groups is 1. The monoisotopic (exact) mass is 378 g/mol. The lowest BCUT2D eigenvalue weighted by Crippen LogP contribution is -2.57. The number of ether oxygens (including phenoxy) is 1. The molecule has 27 heavy (non-hydrogen) atoms. The molecule has 0 aromatic heterocycles. The van der Waals surface area contributed by atoms with Gasteiger partial charge in [-0.2, -0.15) is 0 Å². The molecule has 0 bridgehead atoms. The minimum Gasteiger partial charge on any atom is -0.480 e. The van der Waals surface area contributed by atoms with Crippen LogP contribution >= 0.6 is 0 Å². The van der Waals surface area contributed by atoms with E-state index in [4.69, 9.17) is 4.74 Å². The fraction of sp³-hybridized carbons (Fsp3) is 0.526. The van der Waals surface area contributed by atoms with Crippen LogP contribution in [-0.2, 0) is 14.3 Å². The smallest absolute Gasteiger partial charge is 0.408 e. The van der Waals surface area contributed by atoms with Gasteiger partial charge in [-0.25, -0.2) is 9.59 Å².